The number of rotatable bonds is 6. The zero-order valence-electron chi connectivity index (χ0n) is 44.0. The van der Waals surface area contributed by atoms with Crippen LogP contribution < -0.4 is 0 Å². The lowest BCUT2D eigenvalue weighted by Crippen LogP contribution is -2.18. The van der Waals surface area contributed by atoms with Crippen LogP contribution in [0.5, 0.6) is 0 Å². The van der Waals surface area contributed by atoms with E-state index in [9.17, 15) is 0 Å². The van der Waals surface area contributed by atoms with E-state index in [2.05, 4.69) is 255 Å². The zero-order valence-corrected chi connectivity index (χ0v) is 45.6. The van der Waals surface area contributed by atoms with Crippen molar-refractivity contribution < 1.29 is 0 Å². The third kappa shape index (κ3) is 8.14. The molecule has 13 aromatic rings. The van der Waals surface area contributed by atoms with Gasteiger partial charge >= 0.3 is 0 Å². The summed E-state index contributed by atoms with van der Waals surface area (Å²) >= 11 is 3.62. The molecule has 0 radical (unpaired) electrons. The summed E-state index contributed by atoms with van der Waals surface area (Å²) < 4.78 is 7.54. The summed E-state index contributed by atoms with van der Waals surface area (Å²) in [5.41, 5.74) is 14.4. The Bertz CT molecular complexity index is 4210. The molecule has 0 aliphatic rings. The molecule has 0 atom stereocenters. The van der Waals surface area contributed by atoms with Crippen molar-refractivity contribution in [1.29, 1.82) is 0 Å². The van der Waals surface area contributed by atoms with E-state index in [1.807, 2.05) is 22.7 Å². The maximum Gasteiger partial charge on any atom is 0.164 e. The zero-order chi connectivity index (χ0) is 51.5. The third-order valence-electron chi connectivity index (χ3n) is 15.1. The van der Waals surface area contributed by atoms with Crippen molar-refractivity contribution >= 4 is 84.8 Å². The number of nitrogens with zero attached hydrogens (tertiary/aromatic N) is 4. The highest BCUT2D eigenvalue weighted by molar-refractivity contribution is 7.26. The number of thiophene rings is 2. The van der Waals surface area contributed by atoms with Crippen molar-refractivity contribution in [1.82, 2.24) is 19.5 Å². The number of hydrogen-bond donors (Lipinski definition) is 0. The van der Waals surface area contributed by atoms with Crippen LogP contribution in [0.2, 0.25) is 0 Å². The molecule has 0 spiro atoms. The van der Waals surface area contributed by atoms with Crippen LogP contribution in [-0.4, -0.2) is 19.5 Å². The average molecular weight is 1010 g/mol. The first-order valence-electron chi connectivity index (χ1n) is 26.1. The molecule has 366 valence electrons. The molecule has 75 heavy (non-hydrogen) atoms. The highest BCUT2D eigenvalue weighted by atomic mass is 32.1. The Morgan fingerprint density at radius 1 is 0.333 bits per heavy atom. The summed E-state index contributed by atoms with van der Waals surface area (Å²) in [5.74, 6) is 1.89. The van der Waals surface area contributed by atoms with Crippen LogP contribution >= 0.6 is 22.7 Å². The minimum atomic E-state index is -0.187. The molecule has 4 heterocycles. The van der Waals surface area contributed by atoms with E-state index in [-0.39, 0.29) is 16.2 Å². The number of hydrogen-bond acceptors (Lipinski definition) is 5. The molecule has 0 unspecified atom stereocenters. The summed E-state index contributed by atoms with van der Waals surface area (Å²) in [6.45, 7) is 21.1. The largest absolute Gasteiger partial charge is 0.308 e. The fourth-order valence-electron chi connectivity index (χ4n) is 11.0. The Labute approximate surface area is 447 Å². The predicted octanol–water partition coefficient (Wildman–Crippen LogP) is 19.9. The molecule has 9 aromatic carbocycles. The van der Waals surface area contributed by atoms with Crippen LogP contribution in [0.25, 0.3) is 124 Å². The first-order valence-corrected chi connectivity index (χ1v) is 27.7. The molecule has 0 saturated carbocycles. The fourth-order valence-corrected chi connectivity index (χ4v) is 13.3. The number of fused-ring (bicyclic) bond motifs is 9. The van der Waals surface area contributed by atoms with E-state index in [1.165, 1.54) is 78.8 Å². The van der Waals surface area contributed by atoms with Crippen molar-refractivity contribution in [3.05, 3.63) is 205 Å². The number of benzene rings is 9. The van der Waals surface area contributed by atoms with Crippen LogP contribution in [0.1, 0.15) is 79.0 Å². The lowest BCUT2D eigenvalue weighted by molar-refractivity contribution is 0.572. The summed E-state index contributed by atoms with van der Waals surface area (Å²) in [7, 11) is 0. The number of aromatic nitrogens is 4. The molecule has 13 rings (SSSR count). The van der Waals surface area contributed by atoms with Gasteiger partial charge in [0.1, 0.15) is 0 Å². The molecule has 4 nitrogen and oxygen atoms in total. The highest BCUT2D eigenvalue weighted by Crippen LogP contribution is 2.48. The standard InChI is InChI=1S/C69H58N4S2/c1-67(2,3)46-30-33-57-54(38-46)55-39-47(68(4,5)6)40-56(69(7,8)9)63(55)73(57)62-52(41-20-12-10-13-21-41)34-45(35-53(62)42-22-14-11-15-23-42)66-71-64(43-28-31-50-48-24-16-18-26-58(48)74-60(50)36-43)70-65(72-66)44-29-32-51-49-25-17-19-27-59(49)75-61(51)37-44/h10-40H,1-9H3. The fraction of sp³-hybridized carbons (Fsp3) is 0.174. The van der Waals surface area contributed by atoms with E-state index in [0.29, 0.717) is 17.5 Å². The molecule has 4 aromatic heterocycles. The van der Waals surface area contributed by atoms with Gasteiger partial charge in [-0.3, -0.25) is 0 Å². The minimum Gasteiger partial charge on any atom is -0.308 e. The second-order valence-electron chi connectivity index (χ2n) is 23.3. The molecule has 0 amide bonds. The van der Waals surface area contributed by atoms with Crippen LogP contribution in [0.3, 0.4) is 0 Å². The van der Waals surface area contributed by atoms with Gasteiger partial charge < -0.3 is 4.57 Å². The van der Waals surface area contributed by atoms with Crippen molar-refractivity contribution in [2.75, 3.05) is 0 Å². The van der Waals surface area contributed by atoms with Gasteiger partial charge in [0.2, 0.25) is 0 Å². The van der Waals surface area contributed by atoms with Crippen molar-refractivity contribution in [3.63, 3.8) is 0 Å². The van der Waals surface area contributed by atoms with Crippen LogP contribution in [-0.2, 0) is 16.2 Å². The molecular weight excluding hydrogens is 949 g/mol. The monoisotopic (exact) mass is 1010 g/mol. The molecule has 0 N–H and O–H groups in total. The van der Waals surface area contributed by atoms with Gasteiger partial charge in [0.25, 0.3) is 0 Å². The van der Waals surface area contributed by atoms with E-state index >= 15 is 0 Å². The van der Waals surface area contributed by atoms with Gasteiger partial charge in [-0.1, -0.05) is 196 Å². The van der Waals surface area contributed by atoms with E-state index < -0.39 is 0 Å². The highest BCUT2D eigenvalue weighted by Gasteiger charge is 2.30. The lowest BCUT2D eigenvalue weighted by atomic mass is 9.79. The third-order valence-corrected chi connectivity index (χ3v) is 17.3. The molecule has 6 heteroatoms. The van der Waals surface area contributed by atoms with Gasteiger partial charge in [-0.05, 0) is 98.7 Å². The lowest BCUT2D eigenvalue weighted by Gasteiger charge is -2.28. The first kappa shape index (κ1) is 47.0. The molecule has 0 saturated heterocycles. The van der Waals surface area contributed by atoms with E-state index in [4.69, 9.17) is 15.0 Å². The van der Waals surface area contributed by atoms with Crippen LogP contribution in [0.15, 0.2) is 188 Å². The molecular formula is C69H58N4S2. The van der Waals surface area contributed by atoms with E-state index in [1.54, 1.807) is 0 Å². The van der Waals surface area contributed by atoms with Crippen LogP contribution in [0, 0.1) is 0 Å². The SMILES string of the molecule is CC(C)(C)c1ccc2c(c1)c1cc(C(C)(C)C)cc(C(C)(C)C)c1n2-c1c(-c2ccccc2)cc(-c2nc(-c3ccc4c(c3)sc3ccccc34)nc(-c3ccc4c(c3)sc3ccccc34)n2)cc1-c1ccccc1. The summed E-state index contributed by atoms with van der Waals surface area (Å²) in [4.78, 5) is 16.4. The second-order valence-corrected chi connectivity index (χ2v) is 25.5. The van der Waals surface area contributed by atoms with Crippen molar-refractivity contribution in [3.8, 4) is 62.1 Å². The van der Waals surface area contributed by atoms with Crippen molar-refractivity contribution in [2.45, 2.75) is 78.6 Å². The topological polar surface area (TPSA) is 43.6 Å². The molecule has 0 bridgehead atoms. The van der Waals surface area contributed by atoms with Gasteiger partial charge in [-0.15, -0.1) is 22.7 Å². The maximum atomic E-state index is 5.51. The second kappa shape index (κ2) is 17.4. The molecule has 0 fully saturated rings. The smallest absolute Gasteiger partial charge is 0.164 e. The Morgan fingerprint density at radius 3 is 1.28 bits per heavy atom. The summed E-state index contributed by atoms with van der Waals surface area (Å²) in [6.07, 6.45) is 0. The minimum absolute atomic E-state index is 0.0430. The predicted molar refractivity (Wildman–Crippen MR) is 323 cm³/mol. The van der Waals surface area contributed by atoms with Gasteiger partial charge in [-0.2, -0.15) is 0 Å². The van der Waals surface area contributed by atoms with Crippen LogP contribution in [0.4, 0.5) is 0 Å². The van der Waals surface area contributed by atoms with Crippen molar-refractivity contribution in [2.24, 2.45) is 0 Å². The Balaban J connectivity index is 1.13. The quantitative estimate of drug-likeness (QED) is 0.167. The van der Waals surface area contributed by atoms with Gasteiger partial charge in [-0.25, -0.2) is 15.0 Å². The average Bonchev–Trinajstić information content (AvgIpc) is 4.12. The Hall–Kier alpha value is -7.77. The summed E-state index contributed by atoms with van der Waals surface area (Å²) in [5, 5.41) is 7.54. The van der Waals surface area contributed by atoms with E-state index in [0.717, 1.165) is 44.6 Å². The summed E-state index contributed by atoms with van der Waals surface area (Å²) in [6, 6.07) is 69.3. The Kier molecular flexibility index (Phi) is 10.9. The van der Waals surface area contributed by atoms with Gasteiger partial charge in [0, 0.05) is 78.9 Å². The van der Waals surface area contributed by atoms with Gasteiger partial charge in [0.05, 0.1) is 16.7 Å². The first-order chi connectivity index (χ1) is 36.0. The molecule has 0 aliphatic heterocycles. The normalized spacial score (nSPS) is 12.6. The Morgan fingerprint density at radius 2 is 0.787 bits per heavy atom. The molecule has 0 aliphatic carbocycles. The van der Waals surface area contributed by atoms with Gasteiger partial charge in [0.15, 0.2) is 17.5 Å². The maximum absolute atomic E-state index is 5.51.